The van der Waals surface area contributed by atoms with Crippen molar-refractivity contribution in [2.45, 2.75) is 32.4 Å². The first kappa shape index (κ1) is 27.3. The van der Waals surface area contributed by atoms with Gasteiger partial charge >= 0.3 is 0 Å². The maximum atomic E-state index is 10.0. The molecule has 5 rings (SSSR count). The summed E-state index contributed by atoms with van der Waals surface area (Å²) in [6, 6.07) is 13.2. The number of hydrogen-bond acceptors (Lipinski definition) is 9. The van der Waals surface area contributed by atoms with Gasteiger partial charge < -0.3 is 25.9 Å². The zero-order chi connectivity index (χ0) is 27.8. The van der Waals surface area contributed by atoms with Crippen molar-refractivity contribution in [3.8, 4) is 6.07 Å². The molecule has 0 aliphatic carbocycles. The second-order valence-corrected chi connectivity index (χ2v) is 11.9. The summed E-state index contributed by atoms with van der Waals surface area (Å²) < 4.78 is 5.38. The third-order valence-corrected chi connectivity index (χ3v) is 7.45. The molecule has 2 aliphatic rings. The third kappa shape index (κ3) is 5.44. The van der Waals surface area contributed by atoms with Crippen LogP contribution in [0.25, 0.3) is 10.9 Å². The van der Waals surface area contributed by atoms with Crippen LogP contribution in [0.5, 0.6) is 0 Å². The van der Waals surface area contributed by atoms with Gasteiger partial charge in [0.1, 0.15) is 11.6 Å². The minimum Gasteiger partial charge on any atom is -0.394 e. The van der Waals surface area contributed by atoms with Crippen LogP contribution >= 0.6 is 23.2 Å². The molecule has 1 fully saturated rings. The number of fused-ring (bicyclic) bond motifs is 1. The number of hydrazine groups is 2. The Morgan fingerprint density at radius 2 is 2.00 bits per heavy atom. The van der Waals surface area contributed by atoms with Gasteiger partial charge in [-0.2, -0.15) is 5.26 Å². The van der Waals surface area contributed by atoms with Gasteiger partial charge in [-0.3, -0.25) is 9.99 Å². The molecule has 11 heteroatoms. The number of pyridine rings is 1. The summed E-state index contributed by atoms with van der Waals surface area (Å²) in [5, 5.41) is 30.5. The molecule has 1 unspecified atom stereocenters. The summed E-state index contributed by atoms with van der Waals surface area (Å²) in [7, 11) is 0. The Kier molecular flexibility index (Phi) is 7.51. The van der Waals surface area contributed by atoms with Crippen molar-refractivity contribution in [1.29, 1.82) is 5.26 Å². The van der Waals surface area contributed by atoms with Crippen molar-refractivity contribution in [2.24, 2.45) is 5.41 Å². The molecule has 2 aliphatic heterocycles. The van der Waals surface area contributed by atoms with Gasteiger partial charge in [0, 0.05) is 35.0 Å². The Morgan fingerprint density at radius 3 is 2.64 bits per heavy atom. The van der Waals surface area contributed by atoms with Gasteiger partial charge in [-0.05, 0) is 29.2 Å². The lowest BCUT2D eigenvalue weighted by molar-refractivity contribution is -0.159. The fourth-order valence-corrected chi connectivity index (χ4v) is 5.06. The van der Waals surface area contributed by atoms with Crippen LogP contribution < -0.4 is 21.6 Å². The highest BCUT2D eigenvalue weighted by Crippen LogP contribution is 2.38. The SMILES string of the molecule is CC(C)(C)CNc1c(C#N)cnc2c(Cl)cc(NC(C3=CN(C4(CO)COC4)NN3)c3ccccc3Cl)cc12. The second-order valence-electron chi connectivity index (χ2n) is 11.1. The van der Waals surface area contributed by atoms with E-state index in [1.54, 1.807) is 6.20 Å². The van der Waals surface area contributed by atoms with E-state index in [9.17, 15) is 10.4 Å². The Balaban J connectivity index is 1.56. The fourth-order valence-electron chi connectivity index (χ4n) is 4.55. The van der Waals surface area contributed by atoms with Crippen molar-refractivity contribution in [3.05, 3.63) is 75.7 Å². The number of aliphatic hydroxyl groups excluding tert-OH is 1. The van der Waals surface area contributed by atoms with Crippen molar-refractivity contribution in [2.75, 3.05) is 37.0 Å². The van der Waals surface area contributed by atoms with Crippen LogP contribution in [0.15, 0.2) is 54.5 Å². The Morgan fingerprint density at radius 1 is 1.23 bits per heavy atom. The quantitative estimate of drug-likeness (QED) is 0.257. The lowest BCUT2D eigenvalue weighted by Gasteiger charge is -2.45. The average Bonchev–Trinajstić information content (AvgIpc) is 3.35. The molecule has 0 radical (unpaired) electrons. The van der Waals surface area contributed by atoms with Crippen molar-refractivity contribution in [1.82, 2.24) is 21.0 Å². The topological polar surface area (TPSA) is 118 Å². The number of ether oxygens (including phenoxy) is 1. The molecule has 39 heavy (non-hydrogen) atoms. The van der Waals surface area contributed by atoms with Gasteiger partial charge in [-0.1, -0.05) is 62.2 Å². The number of rotatable bonds is 8. The second kappa shape index (κ2) is 10.7. The summed E-state index contributed by atoms with van der Waals surface area (Å²) in [6.45, 7) is 7.79. The molecule has 0 spiro atoms. The molecular weight excluding hydrogens is 537 g/mol. The standard InChI is InChI=1S/C28H31Cl2N7O2/c1-27(2,3)13-33-24-17(10-31)11-32-25-20(24)8-18(9-22(25)30)34-26(19-6-4-5-7-21(19)29)23-12-37(36-35-23)28(14-38)15-39-16-28/h4-9,11-12,26,34-36,38H,13-16H2,1-3H3,(H,32,33). The molecule has 2 aromatic carbocycles. The maximum absolute atomic E-state index is 10.0. The van der Waals surface area contributed by atoms with E-state index < -0.39 is 11.6 Å². The zero-order valence-electron chi connectivity index (χ0n) is 22.0. The van der Waals surface area contributed by atoms with Gasteiger partial charge in [-0.25, -0.2) is 0 Å². The van der Waals surface area contributed by atoms with Crippen molar-refractivity contribution < 1.29 is 9.84 Å². The van der Waals surface area contributed by atoms with E-state index in [1.807, 2.05) is 47.6 Å². The molecule has 0 saturated carbocycles. The number of hydrogen-bond donors (Lipinski definition) is 5. The highest BCUT2D eigenvalue weighted by molar-refractivity contribution is 6.36. The van der Waals surface area contributed by atoms with Crippen LogP contribution in [-0.4, -0.2) is 47.0 Å². The molecule has 1 atom stereocenters. The van der Waals surface area contributed by atoms with E-state index in [1.165, 1.54) is 0 Å². The smallest absolute Gasteiger partial charge is 0.127 e. The summed E-state index contributed by atoms with van der Waals surface area (Å²) in [5.41, 5.74) is 9.91. The van der Waals surface area contributed by atoms with Crippen LogP contribution in [0.2, 0.25) is 10.0 Å². The number of anilines is 2. The molecular formula is C28H31Cl2N7O2. The van der Waals surface area contributed by atoms with Gasteiger partial charge in [0.15, 0.2) is 0 Å². The van der Waals surface area contributed by atoms with Crippen molar-refractivity contribution in [3.63, 3.8) is 0 Å². The van der Waals surface area contributed by atoms with Crippen LogP contribution in [0.3, 0.4) is 0 Å². The van der Waals surface area contributed by atoms with Crippen LogP contribution in [0, 0.1) is 16.7 Å². The first-order chi connectivity index (χ1) is 18.6. The van der Waals surface area contributed by atoms with Gasteiger partial charge in [0.25, 0.3) is 0 Å². The normalized spacial score (nSPS) is 17.2. The molecule has 3 aromatic rings. The van der Waals surface area contributed by atoms with Crippen LogP contribution in [-0.2, 0) is 4.74 Å². The Labute approximate surface area is 237 Å². The minimum atomic E-state index is -0.543. The number of aromatic nitrogens is 1. The van der Waals surface area contributed by atoms with Crippen LogP contribution in [0.4, 0.5) is 11.4 Å². The van der Waals surface area contributed by atoms with E-state index in [0.717, 1.165) is 22.3 Å². The van der Waals surface area contributed by atoms with E-state index >= 15 is 0 Å². The first-order valence-corrected chi connectivity index (χ1v) is 13.4. The number of benzene rings is 2. The molecule has 5 N–H and O–H groups in total. The predicted octanol–water partition coefficient (Wildman–Crippen LogP) is 4.95. The summed E-state index contributed by atoms with van der Waals surface area (Å²) in [4.78, 5) is 4.47. The number of nitrogens with one attached hydrogen (secondary N) is 4. The third-order valence-electron chi connectivity index (χ3n) is 6.81. The molecule has 0 amide bonds. The maximum Gasteiger partial charge on any atom is 0.127 e. The first-order valence-electron chi connectivity index (χ1n) is 12.6. The lowest BCUT2D eigenvalue weighted by Crippen LogP contribution is -2.66. The lowest BCUT2D eigenvalue weighted by atomic mass is 9.96. The van der Waals surface area contributed by atoms with E-state index in [4.69, 9.17) is 27.9 Å². The number of halogens is 2. The predicted molar refractivity (Wildman–Crippen MR) is 154 cm³/mol. The van der Waals surface area contributed by atoms with E-state index in [2.05, 4.69) is 53.4 Å². The largest absolute Gasteiger partial charge is 0.394 e. The molecule has 204 valence electrons. The van der Waals surface area contributed by atoms with E-state index in [-0.39, 0.29) is 12.0 Å². The fraction of sp³-hybridized carbons (Fsp3) is 0.357. The highest BCUT2D eigenvalue weighted by atomic mass is 35.5. The molecule has 0 bridgehead atoms. The van der Waals surface area contributed by atoms with Crippen molar-refractivity contribution >= 4 is 45.5 Å². The summed E-state index contributed by atoms with van der Waals surface area (Å²) in [6.07, 6.45) is 3.46. The van der Waals surface area contributed by atoms with Crippen LogP contribution in [0.1, 0.15) is 37.9 Å². The number of aliphatic hydroxyl groups is 1. The monoisotopic (exact) mass is 567 g/mol. The molecule has 9 nitrogen and oxygen atoms in total. The molecule has 1 saturated heterocycles. The summed E-state index contributed by atoms with van der Waals surface area (Å²) in [5.74, 6) is 0. The molecule has 3 heterocycles. The van der Waals surface area contributed by atoms with Gasteiger partial charge in [-0.15, -0.1) is 5.53 Å². The minimum absolute atomic E-state index is 0.00592. The van der Waals surface area contributed by atoms with E-state index in [0.29, 0.717) is 46.6 Å². The number of nitriles is 1. The Bertz CT molecular complexity index is 1460. The number of nitrogens with zero attached hydrogens (tertiary/aromatic N) is 3. The average molecular weight is 569 g/mol. The van der Waals surface area contributed by atoms with Gasteiger partial charge in [0.2, 0.25) is 0 Å². The highest BCUT2D eigenvalue weighted by Gasteiger charge is 2.45. The Hall–Kier alpha value is -3.26. The van der Waals surface area contributed by atoms with Gasteiger partial charge in [0.05, 0.1) is 53.3 Å². The zero-order valence-corrected chi connectivity index (χ0v) is 23.5. The summed E-state index contributed by atoms with van der Waals surface area (Å²) >= 11 is 13.4. The molecule has 1 aromatic heterocycles.